The summed E-state index contributed by atoms with van der Waals surface area (Å²) in [7, 11) is 0. The SMILES string of the molecule is NC(N)=Nc1cccc(C(=O)Nc2ccc(C3CC3)cc2)c1. The Hall–Kier alpha value is -2.82. The van der Waals surface area contributed by atoms with E-state index < -0.39 is 0 Å². The Labute approximate surface area is 129 Å². The summed E-state index contributed by atoms with van der Waals surface area (Å²) in [6.07, 6.45) is 2.53. The van der Waals surface area contributed by atoms with Gasteiger partial charge in [0.15, 0.2) is 5.96 Å². The lowest BCUT2D eigenvalue weighted by molar-refractivity contribution is 0.102. The highest BCUT2D eigenvalue weighted by atomic mass is 16.1. The molecule has 1 amide bonds. The van der Waals surface area contributed by atoms with Gasteiger partial charge in [-0.15, -0.1) is 0 Å². The molecule has 5 N–H and O–H groups in total. The summed E-state index contributed by atoms with van der Waals surface area (Å²) in [5.41, 5.74) is 13.9. The van der Waals surface area contributed by atoms with E-state index in [4.69, 9.17) is 11.5 Å². The number of hydrogen-bond donors (Lipinski definition) is 3. The first-order valence-corrected chi connectivity index (χ1v) is 7.23. The van der Waals surface area contributed by atoms with Crippen LogP contribution in [0.25, 0.3) is 0 Å². The van der Waals surface area contributed by atoms with E-state index in [9.17, 15) is 4.79 Å². The monoisotopic (exact) mass is 294 g/mol. The maximum absolute atomic E-state index is 12.3. The Balaban J connectivity index is 1.72. The minimum Gasteiger partial charge on any atom is -0.370 e. The first kappa shape index (κ1) is 14.1. The Kier molecular flexibility index (Phi) is 3.78. The van der Waals surface area contributed by atoms with Gasteiger partial charge in [-0.25, -0.2) is 4.99 Å². The van der Waals surface area contributed by atoms with Crippen molar-refractivity contribution in [2.24, 2.45) is 16.5 Å². The quantitative estimate of drug-likeness (QED) is 0.598. The van der Waals surface area contributed by atoms with Crippen molar-refractivity contribution in [2.45, 2.75) is 18.8 Å². The fourth-order valence-corrected chi connectivity index (χ4v) is 2.32. The zero-order valence-electron chi connectivity index (χ0n) is 12.1. The highest BCUT2D eigenvalue weighted by molar-refractivity contribution is 6.04. The van der Waals surface area contributed by atoms with Crippen LogP contribution >= 0.6 is 0 Å². The molecule has 5 heteroatoms. The van der Waals surface area contributed by atoms with Crippen LogP contribution in [-0.2, 0) is 0 Å². The maximum Gasteiger partial charge on any atom is 0.255 e. The van der Waals surface area contributed by atoms with Crippen molar-refractivity contribution in [2.75, 3.05) is 5.32 Å². The van der Waals surface area contributed by atoms with Crippen molar-refractivity contribution >= 4 is 23.2 Å². The van der Waals surface area contributed by atoms with Crippen LogP contribution in [0.4, 0.5) is 11.4 Å². The third-order valence-corrected chi connectivity index (χ3v) is 3.58. The normalized spacial score (nSPS) is 13.5. The Morgan fingerprint density at radius 2 is 1.82 bits per heavy atom. The molecule has 0 spiro atoms. The van der Waals surface area contributed by atoms with Crippen LogP contribution in [0.2, 0.25) is 0 Å². The summed E-state index contributed by atoms with van der Waals surface area (Å²) in [4.78, 5) is 16.2. The molecule has 0 aromatic heterocycles. The van der Waals surface area contributed by atoms with Gasteiger partial charge < -0.3 is 16.8 Å². The molecule has 2 aromatic carbocycles. The summed E-state index contributed by atoms with van der Waals surface area (Å²) < 4.78 is 0. The van der Waals surface area contributed by atoms with Gasteiger partial charge in [-0.05, 0) is 54.7 Å². The van der Waals surface area contributed by atoms with Crippen LogP contribution < -0.4 is 16.8 Å². The number of anilines is 1. The van der Waals surface area contributed by atoms with E-state index in [0.29, 0.717) is 17.2 Å². The van der Waals surface area contributed by atoms with Gasteiger partial charge in [0, 0.05) is 11.3 Å². The van der Waals surface area contributed by atoms with Crippen LogP contribution in [0.3, 0.4) is 0 Å². The molecule has 0 saturated heterocycles. The van der Waals surface area contributed by atoms with Crippen molar-refractivity contribution in [3.8, 4) is 0 Å². The van der Waals surface area contributed by atoms with Gasteiger partial charge in [0.2, 0.25) is 0 Å². The second-order valence-corrected chi connectivity index (χ2v) is 5.44. The number of rotatable bonds is 4. The molecule has 112 valence electrons. The van der Waals surface area contributed by atoms with Gasteiger partial charge in [-0.2, -0.15) is 0 Å². The number of nitrogens with two attached hydrogens (primary N) is 2. The minimum absolute atomic E-state index is 0.0341. The lowest BCUT2D eigenvalue weighted by Gasteiger charge is -2.07. The summed E-state index contributed by atoms with van der Waals surface area (Å²) in [6.45, 7) is 0. The van der Waals surface area contributed by atoms with E-state index in [0.717, 1.165) is 5.69 Å². The van der Waals surface area contributed by atoms with E-state index in [2.05, 4.69) is 22.4 Å². The number of nitrogens with one attached hydrogen (secondary N) is 1. The topological polar surface area (TPSA) is 93.5 Å². The molecule has 3 rings (SSSR count). The average Bonchev–Trinajstić information content (AvgIpc) is 3.32. The summed E-state index contributed by atoms with van der Waals surface area (Å²) >= 11 is 0. The first-order valence-electron chi connectivity index (χ1n) is 7.23. The van der Waals surface area contributed by atoms with E-state index >= 15 is 0 Å². The van der Waals surface area contributed by atoms with Crippen LogP contribution in [0.15, 0.2) is 53.5 Å². The summed E-state index contributed by atoms with van der Waals surface area (Å²) in [5.74, 6) is 0.487. The van der Waals surface area contributed by atoms with Crippen LogP contribution in [0.1, 0.15) is 34.7 Å². The molecule has 0 atom stereocenters. The highest BCUT2D eigenvalue weighted by Gasteiger charge is 2.23. The molecule has 0 radical (unpaired) electrons. The Bertz CT molecular complexity index is 714. The molecule has 1 aliphatic carbocycles. The average molecular weight is 294 g/mol. The molecular formula is C17H18N4O. The second-order valence-electron chi connectivity index (χ2n) is 5.44. The van der Waals surface area contributed by atoms with Crippen LogP contribution in [0.5, 0.6) is 0 Å². The molecule has 5 nitrogen and oxygen atoms in total. The van der Waals surface area contributed by atoms with Crippen molar-refractivity contribution < 1.29 is 4.79 Å². The summed E-state index contributed by atoms with van der Waals surface area (Å²) in [5, 5.41) is 2.88. The van der Waals surface area contributed by atoms with E-state index in [1.165, 1.54) is 18.4 Å². The fourth-order valence-electron chi connectivity index (χ4n) is 2.32. The van der Waals surface area contributed by atoms with Gasteiger partial charge in [0.1, 0.15) is 0 Å². The molecule has 22 heavy (non-hydrogen) atoms. The molecular weight excluding hydrogens is 276 g/mol. The number of aliphatic imine (C=N–C) groups is 1. The smallest absolute Gasteiger partial charge is 0.255 e. The van der Waals surface area contributed by atoms with E-state index in [1.807, 2.05) is 12.1 Å². The highest BCUT2D eigenvalue weighted by Crippen LogP contribution is 2.40. The molecule has 2 aromatic rings. The number of carbonyl (C=O) groups excluding carboxylic acids is 1. The molecule has 0 bridgehead atoms. The summed E-state index contributed by atoms with van der Waals surface area (Å²) in [6, 6.07) is 14.9. The predicted molar refractivity (Wildman–Crippen MR) is 88.3 cm³/mol. The lowest BCUT2D eigenvalue weighted by Crippen LogP contribution is -2.21. The molecule has 1 fully saturated rings. The second kappa shape index (κ2) is 5.89. The molecule has 1 saturated carbocycles. The maximum atomic E-state index is 12.3. The third-order valence-electron chi connectivity index (χ3n) is 3.58. The van der Waals surface area contributed by atoms with Crippen molar-refractivity contribution in [1.29, 1.82) is 0 Å². The van der Waals surface area contributed by atoms with E-state index in [-0.39, 0.29) is 11.9 Å². The van der Waals surface area contributed by atoms with E-state index in [1.54, 1.807) is 24.3 Å². The number of benzene rings is 2. The third kappa shape index (κ3) is 3.44. The lowest BCUT2D eigenvalue weighted by atomic mass is 10.1. The van der Waals surface area contributed by atoms with Crippen molar-refractivity contribution in [1.82, 2.24) is 0 Å². The van der Waals surface area contributed by atoms with Crippen LogP contribution in [-0.4, -0.2) is 11.9 Å². The Morgan fingerprint density at radius 1 is 1.09 bits per heavy atom. The fraction of sp³-hybridized carbons (Fsp3) is 0.176. The molecule has 0 aliphatic heterocycles. The van der Waals surface area contributed by atoms with Gasteiger partial charge in [0.25, 0.3) is 5.91 Å². The van der Waals surface area contributed by atoms with Gasteiger partial charge in [0.05, 0.1) is 5.69 Å². The van der Waals surface area contributed by atoms with Gasteiger partial charge >= 0.3 is 0 Å². The van der Waals surface area contributed by atoms with Crippen molar-refractivity contribution in [3.05, 3.63) is 59.7 Å². The van der Waals surface area contributed by atoms with Crippen molar-refractivity contribution in [3.63, 3.8) is 0 Å². The zero-order chi connectivity index (χ0) is 15.5. The van der Waals surface area contributed by atoms with Gasteiger partial charge in [-0.1, -0.05) is 18.2 Å². The Morgan fingerprint density at radius 3 is 2.45 bits per heavy atom. The molecule has 1 aliphatic rings. The molecule has 0 heterocycles. The zero-order valence-corrected chi connectivity index (χ0v) is 12.1. The number of carbonyl (C=O) groups is 1. The van der Waals surface area contributed by atoms with Gasteiger partial charge in [-0.3, -0.25) is 4.79 Å². The number of guanidine groups is 1. The molecule has 0 unspecified atom stereocenters. The largest absolute Gasteiger partial charge is 0.370 e. The van der Waals surface area contributed by atoms with Crippen LogP contribution in [0, 0.1) is 0 Å². The number of nitrogens with zero attached hydrogens (tertiary/aromatic N) is 1. The first-order chi connectivity index (χ1) is 10.6. The number of amides is 1. The number of hydrogen-bond acceptors (Lipinski definition) is 2. The minimum atomic E-state index is -0.188. The predicted octanol–water partition coefficient (Wildman–Crippen LogP) is 2.72. The standard InChI is InChI=1S/C17H18N4O/c18-17(19)21-15-3-1-2-13(10-15)16(22)20-14-8-6-12(7-9-14)11-4-5-11/h1-3,6-11H,4-5H2,(H,20,22)(H4,18,19,21).